The van der Waals surface area contributed by atoms with Crippen LogP contribution in [0.5, 0.6) is 0 Å². The van der Waals surface area contributed by atoms with E-state index in [1.165, 1.54) is 15.8 Å². The molecule has 0 aromatic carbocycles. The van der Waals surface area contributed by atoms with Gasteiger partial charge in [-0.05, 0) is 6.07 Å². The van der Waals surface area contributed by atoms with Crippen molar-refractivity contribution in [1.29, 1.82) is 0 Å². The van der Waals surface area contributed by atoms with Crippen LogP contribution in [0.25, 0.3) is 0 Å². The number of carbonyl (C=O) groups is 2. The number of carboxylic acids is 1. The lowest BCUT2D eigenvalue weighted by atomic mass is 10.2. The van der Waals surface area contributed by atoms with Crippen LogP contribution in [0.4, 0.5) is 0 Å². The minimum atomic E-state index is -3.69. The summed E-state index contributed by atoms with van der Waals surface area (Å²) in [5.74, 6) is -1.25. The summed E-state index contributed by atoms with van der Waals surface area (Å²) in [7, 11) is -3.69. The van der Waals surface area contributed by atoms with Crippen molar-refractivity contribution in [2.75, 3.05) is 26.2 Å². The standard InChI is InChI=1S/C13H18N2O5S2/c1-9(2)12(16)14-3-5-15(6-4-14)22(19,20)11-7-10(8-21-11)13(17)18/h7-9H,3-6H2,1-2H3,(H,17,18). The number of aromatic carboxylic acids is 1. The lowest BCUT2D eigenvalue weighted by Crippen LogP contribution is -2.51. The van der Waals surface area contributed by atoms with E-state index in [1.807, 2.05) is 13.8 Å². The monoisotopic (exact) mass is 346 g/mol. The molecule has 1 N–H and O–H groups in total. The smallest absolute Gasteiger partial charge is 0.336 e. The molecule has 2 rings (SSSR count). The molecule has 0 bridgehead atoms. The Balaban J connectivity index is 2.09. The van der Waals surface area contributed by atoms with Gasteiger partial charge in [0.2, 0.25) is 5.91 Å². The summed E-state index contributed by atoms with van der Waals surface area (Å²) in [5, 5.41) is 10.2. The van der Waals surface area contributed by atoms with Gasteiger partial charge < -0.3 is 10.0 Å². The van der Waals surface area contributed by atoms with Gasteiger partial charge in [-0.3, -0.25) is 4.79 Å². The predicted molar refractivity (Wildman–Crippen MR) is 81.5 cm³/mol. The van der Waals surface area contributed by atoms with E-state index in [9.17, 15) is 18.0 Å². The van der Waals surface area contributed by atoms with Gasteiger partial charge >= 0.3 is 5.97 Å². The molecule has 1 aliphatic rings. The Kier molecular flexibility index (Phi) is 4.88. The first-order valence-corrected chi connectivity index (χ1v) is 9.16. The second-order valence-electron chi connectivity index (χ2n) is 5.34. The van der Waals surface area contributed by atoms with E-state index in [4.69, 9.17) is 5.11 Å². The zero-order valence-electron chi connectivity index (χ0n) is 12.4. The van der Waals surface area contributed by atoms with Crippen LogP contribution in [-0.2, 0) is 14.8 Å². The molecule has 1 saturated heterocycles. The van der Waals surface area contributed by atoms with Gasteiger partial charge in [-0.1, -0.05) is 13.8 Å². The Hall–Kier alpha value is -1.45. The lowest BCUT2D eigenvalue weighted by molar-refractivity contribution is -0.135. The number of piperazine rings is 1. The molecule has 22 heavy (non-hydrogen) atoms. The molecule has 0 aliphatic carbocycles. The number of hydrogen-bond acceptors (Lipinski definition) is 5. The maximum absolute atomic E-state index is 12.5. The maximum atomic E-state index is 12.5. The molecule has 0 radical (unpaired) electrons. The van der Waals surface area contributed by atoms with Gasteiger partial charge in [0.15, 0.2) is 0 Å². The van der Waals surface area contributed by atoms with Crippen LogP contribution >= 0.6 is 11.3 Å². The van der Waals surface area contributed by atoms with Crippen LogP contribution in [-0.4, -0.2) is 60.8 Å². The number of rotatable bonds is 4. The summed E-state index contributed by atoms with van der Waals surface area (Å²) in [6.07, 6.45) is 0. The van der Waals surface area contributed by atoms with E-state index in [1.54, 1.807) is 4.90 Å². The number of carboxylic acid groups (broad SMARTS) is 1. The molecular weight excluding hydrogens is 328 g/mol. The zero-order valence-corrected chi connectivity index (χ0v) is 14.0. The topological polar surface area (TPSA) is 95.0 Å². The van der Waals surface area contributed by atoms with Gasteiger partial charge in [-0.15, -0.1) is 11.3 Å². The van der Waals surface area contributed by atoms with Gasteiger partial charge in [0, 0.05) is 37.5 Å². The number of nitrogens with zero attached hydrogens (tertiary/aromatic N) is 2. The molecule has 0 unspecified atom stereocenters. The highest BCUT2D eigenvalue weighted by atomic mass is 32.2. The summed E-state index contributed by atoms with van der Waals surface area (Å²) in [6, 6.07) is 1.17. The molecule has 122 valence electrons. The minimum Gasteiger partial charge on any atom is -0.478 e. The Morgan fingerprint density at radius 3 is 2.27 bits per heavy atom. The third-order valence-electron chi connectivity index (χ3n) is 3.46. The number of thiophene rings is 1. The molecule has 1 aromatic heterocycles. The molecule has 1 aliphatic heterocycles. The Morgan fingerprint density at radius 1 is 1.23 bits per heavy atom. The fraction of sp³-hybridized carbons (Fsp3) is 0.538. The average Bonchev–Trinajstić information content (AvgIpc) is 2.97. The van der Waals surface area contributed by atoms with E-state index in [-0.39, 0.29) is 34.7 Å². The van der Waals surface area contributed by atoms with Crippen molar-refractivity contribution < 1.29 is 23.1 Å². The summed E-state index contributed by atoms with van der Waals surface area (Å²) in [5.41, 5.74) is -0.0304. The molecular formula is C13H18N2O5S2. The van der Waals surface area contributed by atoms with E-state index in [0.29, 0.717) is 13.1 Å². The third kappa shape index (κ3) is 3.31. The van der Waals surface area contributed by atoms with E-state index >= 15 is 0 Å². The predicted octanol–water partition coefficient (Wildman–Crippen LogP) is 0.935. The van der Waals surface area contributed by atoms with Gasteiger partial charge in [0.25, 0.3) is 10.0 Å². The Labute approximate surface area is 133 Å². The van der Waals surface area contributed by atoms with Crippen LogP contribution in [0.2, 0.25) is 0 Å². The fourth-order valence-electron chi connectivity index (χ4n) is 2.21. The van der Waals surface area contributed by atoms with Crippen molar-refractivity contribution in [2.45, 2.75) is 18.1 Å². The van der Waals surface area contributed by atoms with Gasteiger partial charge in [0.05, 0.1) is 5.56 Å². The van der Waals surface area contributed by atoms with Crippen molar-refractivity contribution in [3.8, 4) is 0 Å². The SMILES string of the molecule is CC(C)C(=O)N1CCN(S(=O)(=O)c2cc(C(=O)O)cs2)CC1. The van der Waals surface area contributed by atoms with Crippen LogP contribution in [0.1, 0.15) is 24.2 Å². The average molecular weight is 346 g/mol. The number of hydrogen-bond donors (Lipinski definition) is 1. The highest BCUT2D eigenvalue weighted by Gasteiger charge is 2.31. The molecule has 0 saturated carbocycles. The third-order valence-corrected chi connectivity index (χ3v) is 6.77. The lowest BCUT2D eigenvalue weighted by Gasteiger charge is -2.34. The second kappa shape index (κ2) is 6.35. The van der Waals surface area contributed by atoms with Crippen molar-refractivity contribution in [1.82, 2.24) is 9.21 Å². The second-order valence-corrected chi connectivity index (χ2v) is 8.42. The van der Waals surface area contributed by atoms with E-state index in [0.717, 1.165) is 11.3 Å². The van der Waals surface area contributed by atoms with Crippen LogP contribution in [0.3, 0.4) is 0 Å². The summed E-state index contributed by atoms with van der Waals surface area (Å²) < 4.78 is 26.3. The summed E-state index contributed by atoms with van der Waals surface area (Å²) >= 11 is 0.899. The van der Waals surface area contributed by atoms with Gasteiger partial charge in [-0.25, -0.2) is 13.2 Å². The molecule has 0 spiro atoms. The van der Waals surface area contributed by atoms with Crippen molar-refractivity contribution in [3.63, 3.8) is 0 Å². The van der Waals surface area contributed by atoms with Gasteiger partial charge in [-0.2, -0.15) is 4.31 Å². The number of amides is 1. The number of carbonyl (C=O) groups excluding carboxylic acids is 1. The van der Waals surface area contributed by atoms with E-state index in [2.05, 4.69) is 0 Å². The minimum absolute atomic E-state index is 0.0151. The van der Waals surface area contributed by atoms with Crippen LogP contribution in [0.15, 0.2) is 15.7 Å². The Bertz CT molecular complexity index is 672. The number of sulfonamides is 1. The first-order chi connectivity index (χ1) is 10.2. The normalized spacial score (nSPS) is 17.0. The highest BCUT2D eigenvalue weighted by Crippen LogP contribution is 2.25. The molecule has 7 nitrogen and oxygen atoms in total. The van der Waals surface area contributed by atoms with Crippen molar-refractivity contribution in [2.24, 2.45) is 5.92 Å². The molecule has 1 aromatic rings. The first kappa shape index (κ1) is 16.9. The zero-order chi connectivity index (χ0) is 16.5. The highest BCUT2D eigenvalue weighted by molar-refractivity contribution is 7.91. The van der Waals surface area contributed by atoms with Crippen LogP contribution in [0, 0.1) is 5.92 Å². The Morgan fingerprint density at radius 2 is 1.82 bits per heavy atom. The van der Waals surface area contributed by atoms with Gasteiger partial charge in [0.1, 0.15) is 4.21 Å². The van der Waals surface area contributed by atoms with Crippen molar-refractivity contribution in [3.05, 3.63) is 17.0 Å². The first-order valence-electron chi connectivity index (χ1n) is 6.84. The summed E-state index contributed by atoms with van der Waals surface area (Å²) in [6.45, 7) is 4.78. The summed E-state index contributed by atoms with van der Waals surface area (Å²) in [4.78, 5) is 24.4. The maximum Gasteiger partial charge on any atom is 0.336 e. The van der Waals surface area contributed by atoms with Crippen LogP contribution < -0.4 is 0 Å². The quantitative estimate of drug-likeness (QED) is 0.875. The molecule has 1 amide bonds. The molecule has 9 heteroatoms. The van der Waals surface area contributed by atoms with Crippen molar-refractivity contribution >= 4 is 33.2 Å². The molecule has 2 heterocycles. The van der Waals surface area contributed by atoms with E-state index < -0.39 is 16.0 Å². The molecule has 0 atom stereocenters. The fourth-order valence-corrected chi connectivity index (χ4v) is 4.93. The largest absolute Gasteiger partial charge is 0.478 e. The molecule has 1 fully saturated rings.